The van der Waals surface area contributed by atoms with E-state index in [2.05, 4.69) is 19.9 Å². The molecule has 0 aliphatic carbocycles. The van der Waals surface area contributed by atoms with Crippen molar-refractivity contribution in [1.82, 2.24) is 14.9 Å². The smallest absolute Gasteiger partial charge is 0.310 e. The van der Waals surface area contributed by atoms with Crippen molar-refractivity contribution in [3.63, 3.8) is 0 Å². The average molecular weight is 483 g/mol. The highest BCUT2D eigenvalue weighted by atomic mass is 35.5. The third kappa shape index (κ3) is 4.18. The summed E-state index contributed by atoms with van der Waals surface area (Å²) in [6.07, 6.45) is 8.98. The van der Waals surface area contributed by atoms with Gasteiger partial charge in [-0.3, -0.25) is 4.79 Å². The summed E-state index contributed by atoms with van der Waals surface area (Å²) in [4.78, 5) is 31.2. The Labute approximate surface area is 201 Å². The van der Waals surface area contributed by atoms with Gasteiger partial charge in [-0.2, -0.15) is 4.99 Å². The van der Waals surface area contributed by atoms with Crippen molar-refractivity contribution in [1.29, 1.82) is 0 Å². The molecule has 0 bridgehead atoms. The van der Waals surface area contributed by atoms with Crippen LogP contribution >= 0.6 is 23.2 Å². The summed E-state index contributed by atoms with van der Waals surface area (Å²) in [5, 5.41) is 1.09. The number of hydrogen-bond acceptors (Lipinski definition) is 6. The van der Waals surface area contributed by atoms with Gasteiger partial charge in [-0.05, 0) is 23.8 Å². The van der Waals surface area contributed by atoms with E-state index in [0.29, 0.717) is 54.4 Å². The number of carbonyl (C=O) groups is 1. The molecular formula is C23H22Cl2N7O+. The van der Waals surface area contributed by atoms with Crippen molar-refractivity contribution in [3.8, 4) is 0 Å². The third-order valence-electron chi connectivity index (χ3n) is 5.92. The number of amidine groups is 1. The van der Waals surface area contributed by atoms with E-state index < -0.39 is 0 Å². The molecule has 0 saturated carbocycles. The second-order valence-electron chi connectivity index (χ2n) is 7.85. The van der Waals surface area contributed by atoms with E-state index >= 15 is 0 Å². The Bertz CT molecular complexity index is 1210. The maximum absolute atomic E-state index is 13.4. The highest BCUT2D eigenvalue weighted by Crippen LogP contribution is 2.31. The Balaban J connectivity index is 1.35. The van der Waals surface area contributed by atoms with Gasteiger partial charge in [-0.25, -0.2) is 14.9 Å². The Hall–Kier alpha value is -3.04. The van der Waals surface area contributed by atoms with Crippen molar-refractivity contribution in [3.05, 3.63) is 82.0 Å². The van der Waals surface area contributed by atoms with Crippen LogP contribution in [0.15, 0.2) is 71.4 Å². The van der Waals surface area contributed by atoms with Crippen LogP contribution < -0.4 is 15.5 Å². The first-order valence-electron chi connectivity index (χ1n) is 10.6. The standard InChI is InChI=1S/C23H21Cl2N7O/c24-16-2-3-17(19(25)11-16)18-14-32-20(13-29-21(32)10-15(18)12-26)22(33)30-6-8-31(9-7-30)23-27-4-1-5-28-23/h1-5,10-11,13-14H,6-9,12,26H2/p+1. The normalized spacial score (nSPS) is 20.0. The summed E-state index contributed by atoms with van der Waals surface area (Å²) >= 11 is 12.6. The maximum atomic E-state index is 13.4. The first-order valence-corrected chi connectivity index (χ1v) is 11.4. The average Bonchev–Trinajstić information content (AvgIpc) is 3.26. The number of anilines is 1. The molecule has 0 spiro atoms. The summed E-state index contributed by atoms with van der Waals surface area (Å²) in [7, 11) is 0. The Kier molecular flexibility index (Phi) is 5.99. The van der Waals surface area contributed by atoms with E-state index in [1.165, 1.54) is 0 Å². The number of piperazine rings is 1. The number of amides is 1. The van der Waals surface area contributed by atoms with Gasteiger partial charge in [-0.15, -0.1) is 0 Å². The largest absolute Gasteiger partial charge is 0.337 e. The lowest BCUT2D eigenvalue weighted by Gasteiger charge is -2.34. The molecule has 10 heteroatoms. The molecular weight excluding hydrogens is 461 g/mol. The number of quaternary nitrogens is 1. The molecule has 5 rings (SSSR count). The molecule has 1 atom stereocenters. The van der Waals surface area contributed by atoms with Gasteiger partial charge in [0.25, 0.3) is 0 Å². The van der Waals surface area contributed by atoms with Gasteiger partial charge < -0.3 is 15.5 Å². The van der Waals surface area contributed by atoms with E-state index in [4.69, 9.17) is 28.9 Å². The molecule has 3 aliphatic heterocycles. The fourth-order valence-electron chi connectivity index (χ4n) is 4.19. The number of carbonyl (C=O) groups excluding carboxylic acids is 1. The zero-order valence-corrected chi connectivity index (χ0v) is 19.2. The van der Waals surface area contributed by atoms with E-state index in [1.54, 1.807) is 36.8 Å². The zero-order chi connectivity index (χ0) is 22.9. The highest BCUT2D eigenvalue weighted by Gasteiger charge is 2.38. The third-order valence-corrected chi connectivity index (χ3v) is 6.47. The summed E-state index contributed by atoms with van der Waals surface area (Å²) in [5.74, 6) is 1.38. The van der Waals surface area contributed by atoms with Crippen LogP contribution in [0.5, 0.6) is 0 Å². The van der Waals surface area contributed by atoms with Crippen LogP contribution in [0.1, 0.15) is 5.56 Å². The van der Waals surface area contributed by atoms with Crippen LogP contribution in [0.25, 0.3) is 5.57 Å². The SMILES string of the molecule is NCC1=CC2=NC=C(C(=O)N3CCN(c4ncccn4)CC3)[NH+]2C=C1c1ccc(Cl)cc1Cl. The van der Waals surface area contributed by atoms with Crippen molar-refractivity contribution in [2.45, 2.75) is 0 Å². The van der Waals surface area contributed by atoms with E-state index in [1.807, 2.05) is 23.2 Å². The van der Waals surface area contributed by atoms with E-state index in [-0.39, 0.29) is 5.91 Å². The molecule has 3 aliphatic rings. The minimum atomic E-state index is -0.0419. The molecule has 4 heterocycles. The first kappa shape index (κ1) is 21.8. The number of nitrogens with two attached hydrogens (primary N) is 1. The molecule has 1 saturated heterocycles. The van der Waals surface area contributed by atoms with Crippen LogP contribution in [-0.2, 0) is 4.79 Å². The fraction of sp³-hybridized carbons (Fsp3) is 0.217. The minimum Gasteiger partial charge on any atom is -0.337 e. The number of nitrogens with one attached hydrogen (secondary N) is 1. The van der Waals surface area contributed by atoms with Gasteiger partial charge in [0.05, 0.1) is 5.02 Å². The molecule has 168 valence electrons. The molecule has 0 radical (unpaired) electrons. The van der Waals surface area contributed by atoms with Crippen LogP contribution in [0.4, 0.5) is 5.95 Å². The second kappa shape index (κ2) is 9.07. The number of aromatic nitrogens is 2. The molecule has 1 aromatic carbocycles. The molecule has 1 fully saturated rings. The van der Waals surface area contributed by atoms with Crippen molar-refractivity contribution in [2.24, 2.45) is 10.7 Å². The number of hydrogen-bond donors (Lipinski definition) is 2. The molecule has 1 unspecified atom stereocenters. The quantitative estimate of drug-likeness (QED) is 0.688. The van der Waals surface area contributed by atoms with Crippen LogP contribution in [0, 0.1) is 0 Å². The number of nitrogens with zero attached hydrogens (tertiary/aromatic N) is 5. The van der Waals surface area contributed by atoms with Crippen LogP contribution in [0.3, 0.4) is 0 Å². The lowest BCUT2D eigenvalue weighted by molar-refractivity contribution is -0.690. The monoisotopic (exact) mass is 482 g/mol. The minimum absolute atomic E-state index is 0.0419. The lowest BCUT2D eigenvalue weighted by atomic mass is 9.95. The highest BCUT2D eigenvalue weighted by molar-refractivity contribution is 6.36. The van der Waals surface area contributed by atoms with Crippen molar-refractivity contribution < 1.29 is 9.69 Å². The van der Waals surface area contributed by atoms with Crippen molar-refractivity contribution in [2.75, 3.05) is 37.6 Å². The van der Waals surface area contributed by atoms with Gasteiger partial charge in [0.2, 0.25) is 17.5 Å². The number of rotatable bonds is 4. The fourth-order valence-corrected chi connectivity index (χ4v) is 4.70. The topological polar surface area (TPSA) is 92.1 Å². The van der Waals surface area contributed by atoms with Gasteiger partial charge in [-0.1, -0.05) is 29.3 Å². The summed E-state index contributed by atoms with van der Waals surface area (Å²) < 4.78 is 0. The van der Waals surface area contributed by atoms with Gasteiger partial charge >= 0.3 is 5.91 Å². The summed E-state index contributed by atoms with van der Waals surface area (Å²) in [6.45, 7) is 2.83. The number of benzene rings is 1. The predicted octanol–water partition coefficient (Wildman–Crippen LogP) is 1.51. The zero-order valence-electron chi connectivity index (χ0n) is 17.7. The van der Waals surface area contributed by atoms with Gasteiger partial charge in [0, 0.05) is 67.4 Å². The molecule has 1 amide bonds. The predicted molar refractivity (Wildman–Crippen MR) is 129 cm³/mol. The first-order chi connectivity index (χ1) is 16.0. The molecule has 33 heavy (non-hydrogen) atoms. The van der Waals surface area contributed by atoms with Crippen LogP contribution in [-0.4, -0.2) is 59.3 Å². The number of halogens is 2. The lowest BCUT2D eigenvalue weighted by Crippen LogP contribution is -3.08. The van der Waals surface area contributed by atoms with Gasteiger partial charge in [0.15, 0.2) is 0 Å². The summed E-state index contributed by atoms with van der Waals surface area (Å²) in [5.41, 5.74) is 9.19. The molecule has 2 aromatic rings. The Morgan fingerprint density at radius 3 is 2.58 bits per heavy atom. The molecule has 3 N–H and O–H groups in total. The number of aliphatic imine (C=N–C) groups is 1. The van der Waals surface area contributed by atoms with Crippen LogP contribution in [0.2, 0.25) is 10.0 Å². The second-order valence-corrected chi connectivity index (χ2v) is 8.70. The Morgan fingerprint density at radius 2 is 1.88 bits per heavy atom. The van der Waals surface area contributed by atoms with Gasteiger partial charge in [0.1, 0.15) is 12.4 Å². The summed E-state index contributed by atoms with van der Waals surface area (Å²) in [6, 6.07) is 7.15. The van der Waals surface area contributed by atoms with Crippen molar-refractivity contribution >= 4 is 46.5 Å². The van der Waals surface area contributed by atoms with E-state index in [0.717, 1.165) is 27.4 Å². The van der Waals surface area contributed by atoms with E-state index in [9.17, 15) is 4.79 Å². The maximum Gasteiger partial charge on any atom is 0.310 e. The molecule has 8 nitrogen and oxygen atoms in total. The Morgan fingerprint density at radius 1 is 1.12 bits per heavy atom. The molecule has 1 aromatic heterocycles. The number of fused-ring (bicyclic) bond motifs is 1.